The lowest BCUT2D eigenvalue weighted by atomic mass is 9.95. The topological polar surface area (TPSA) is 84.0 Å². The molecule has 80 valence electrons. The first-order valence-electron chi connectivity index (χ1n) is 4.78. The fourth-order valence-corrected chi connectivity index (χ4v) is 1.70. The van der Waals surface area contributed by atoms with Gasteiger partial charge in [0.15, 0.2) is 6.29 Å². The highest BCUT2D eigenvalue weighted by Gasteiger charge is 2.45. The molecule has 0 aliphatic heterocycles. The molecule has 2 rings (SSSR count). The molecule has 0 amide bonds. The lowest BCUT2D eigenvalue weighted by molar-refractivity contribution is -0.385. The van der Waals surface area contributed by atoms with Gasteiger partial charge in [-0.25, -0.2) is 0 Å². The van der Waals surface area contributed by atoms with E-state index in [9.17, 15) is 14.9 Å². The second kappa shape index (κ2) is 3.42. The number of hydrogen-bond donors (Lipinski definition) is 0. The van der Waals surface area contributed by atoms with Gasteiger partial charge in [-0.05, 0) is 24.5 Å². The maximum absolute atomic E-state index is 10.7. The molecule has 1 fully saturated rings. The Hall–Kier alpha value is -2.22. The third-order valence-electron chi connectivity index (χ3n) is 2.87. The first-order valence-corrected chi connectivity index (χ1v) is 4.78. The maximum Gasteiger partial charge on any atom is 0.279 e. The zero-order valence-electron chi connectivity index (χ0n) is 8.34. The van der Waals surface area contributed by atoms with E-state index in [-0.39, 0.29) is 11.3 Å². The summed E-state index contributed by atoms with van der Waals surface area (Å²) in [6.07, 6.45) is 1.95. The molecule has 1 saturated carbocycles. The van der Waals surface area contributed by atoms with Gasteiger partial charge in [-0.3, -0.25) is 14.9 Å². The molecule has 0 aromatic heterocycles. The molecule has 0 N–H and O–H groups in total. The zero-order chi connectivity index (χ0) is 11.8. The van der Waals surface area contributed by atoms with Crippen molar-refractivity contribution in [2.75, 3.05) is 0 Å². The first kappa shape index (κ1) is 10.3. The van der Waals surface area contributed by atoms with Crippen molar-refractivity contribution in [3.05, 3.63) is 39.4 Å². The summed E-state index contributed by atoms with van der Waals surface area (Å²) in [5.74, 6) is 0. The minimum atomic E-state index is -0.598. The van der Waals surface area contributed by atoms with Crippen molar-refractivity contribution in [2.24, 2.45) is 0 Å². The van der Waals surface area contributed by atoms with E-state index in [0.29, 0.717) is 11.8 Å². The van der Waals surface area contributed by atoms with Gasteiger partial charge in [-0.1, -0.05) is 6.07 Å². The highest BCUT2D eigenvalue weighted by atomic mass is 16.6. The molecule has 1 aromatic rings. The number of rotatable bonds is 3. The second-order valence-corrected chi connectivity index (χ2v) is 3.84. The Bertz CT molecular complexity index is 512. The van der Waals surface area contributed by atoms with Gasteiger partial charge < -0.3 is 0 Å². The van der Waals surface area contributed by atoms with Crippen LogP contribution in [-0.2, 0) is 5.41 Å². The molecule has 0 radical (unpaired) electrons. The Labute approximate surface area is 91.5 Å². The number of carbonyl (C=O) groups excluding carboxylic acids is 1. The monoisotopic (exact) mass is 216 g/mol. The summed E-state index contributed by atoms with van der Waals surface area (Å²) in [5, 5.41) is 19.6. The van der Waals surface area contributed by atoms with E-state index in [0.717, 1.165) is 12.8 Å². The third kappa shape index (κ3) is 1.44. The summed E-state index contributed by atoms with van der Waals surface area (Å²) >= 11 is 0. The van der Waals surface area contributed by atoms with Gasteiger partial charge in [0.2, 0.25) is 0 Å². The van der Waals surface area contributed by atoms with Crippen LogP contribution >= 0.6 is 0 Å². The van der Waals surface area contributed by atoms with E-state index in [1.165, 1.54) is 12.1 Å². The summed E-state index contributed by atoms with van der Waals surface area (Å²) in [6, 6.07) is 6.47. The smallest absolute Gasteiger partial charge is 0.279 e. The number of nitro benzene ring substituents is 1. The minimum Gasteiger partial charge on any atom is -0.298 e. The molecule has 0 unspecified atom stereocenters. The van der Waals surface area contributed by atoms with Crippen LogP contribution in [0.5, 0.6) is 0 Å². The molecule has 1 aromatic carbocycles. The summed E-state index contributed by atoms with van der Waals surface area (Å²) in [7, 11) is 0. The predicted molar refractivity (Wildman–Crippen MR) is 55.0 cm³/mol. The van der Waals surface area contributed by atoms with E-state index < -0.39 is 10.3 Å². The molecule has 0 heterocycles. The number of benzene rings is 1. The predicted octanol–water partition coefficient (Wildman–Crippen LogP) is 1.96. The van der Waals surface area contributed by atoms with Crippen molar-refractivity contribution in [2.45, 2.75) is 18.3 Å². The van der Waals surface area contributed by atoms with Crippen LogP contribution < -0.4 is 0 Å². The lowest BCUT2D eigenvalue weighted by Crippen LogP contribution is -2.04. The minimum absolute atomic E-state index is 0.0315. The van der Waals surface area contributed by atoms with Gasteiger partial charge in [0.1, 0.15) is 0 Å². The Morgan fingerprint density at radius 2 is 2.19 bits per heavy atom. The maximum atomic E-state index is 10.7. The summed E-state index contributed by atoms with van der Waals surface area (Å²) in [6.45, 7) is 0. The molecule has 5 nitrogen and oxygen atoms in total. The Morgan fingerprint density at radius 3 is 2.62 bits per heavy atom. The molecule has 0 atom stereocenters. The summed E-state index contributed by atoms with van der Waals surface area (Å²) in [5.41, 5.74) is -0.00778. The average Bonchev–Trinajstić information content (AvgIpc) is 3.09. The van der Waals surface area contributed by atoms with Crippen LogP contribution in [0.15, 0.2) is 18.2 Å². The van der Waals surface area contributed by atoms with E-state index in [1.807, 2.05) is 0 Å². The highest BCUT2D eigenvalue weighted by Crippen LogP contribution is 2.48. The quantitative estimate of drug-likeness (QED) is 0.439. The van der Waals surface area contributed by atoms with Gasteiger partial charge in [0.25, 0.3) is 5.69 Å². The molecule has 0 spiro atoms. The van der Waals surface area contributed by atoms with Crippen LogP contribution in [0.2, 0.25) is 0 Å². The van der Waals surface area contributed by atoms with Crippen molar-refractivity contribution in [3.8, 4) is 6.07 Å². The van der Waals surface area contributed by atoms with Crippen molar-refractivity contribution in [1.29, 1.82) is 5.26 Å². The summed E-state index contributed by atoms with van der Waals surface area (Å²) < 4.78 is 0. The van der Waals surface area contributed by atoms with Crippen molar-refractivity contribution >= 4 is 12.0 Å². The van der Waals surface area contributed by atoms with E-state index in [4.69, 9.17) is 5.26 Å². The van der Waals surface area contributed by atoms with Crippen LogP contribution in [0.4, 0.5) is 5.69 Å². The van der Waals surface area contributed by atoms with Crippen LogP contribution in [0, 0.1) is 21.4 Å². The number of nitro groups is 1. The summed E-state index contributed by atoms with van der Waals surface area (Å²) in [4.78, 5) is 20.7. The van der Waals surface area contributed by atoms with Gasteiger partial charge in [-0.15, -0.1) is 0 Å². The largest absolute Gasteiger partial charge is 0.298 e. The first-order chi connectivity index (χ1) is 7.63. The molecule has 5 heteroatoms. The van der Waals surface area contributed by atoms with Gasteiger partial charge in [-0.2, -0.15) is 5.26 Å². The standard InChI is InChI=1S/C11H8N2O3/c12-7-11(3-4-11)9-1-2-10(13(15)16)8(5-9)6-14/h1-2,5-6H,3-4H2. The van der Waals surface area contributed by atoms with Crippen LogP contribution in [0.3, 0.4) is 0 Å². The number of hydrogen-bond acceptors (Lipinski definition) is 4. The highest BCUT2D eigenvalue weighted by molar-refractivity contribution is 5.82. The number of aldehydes is 1. The number of nitrogens with zero attached hydrogens (tertiary/aromatic N) is 2. The van der Waals surface area contributed by atoms with E-state index >= 15 is 0 Å². The molecule has 1 aliphatic rings. The van der Waals surface area contributed by atoms with E-state index in [2.05, 4.69) is 6.07 Å². The van der Waals surface area contributed by atoms with Crippen molar-refractivity contribution in [1.82, 2.24) is 0 Å². The molecule has 16 heavy (non-hydrogen) atoms. The fraction of sp³-hybridized carbons (Fsp3) is 0.273. The Kier molecular flexibility index (Phi) is 2.20. The Morgan fingerprint density at radius 1 is 1.50 bits per heavy atom. The second-order valence-electron chi connectivity index (χ2n) is 3.84. The van der Waals surface area contributed by atoms with E-state index in [1.54, 1.807) is 6.07 Å². The molecule has 0 saturated heterocycles. The molecular formula is C11H8N2O3. The number of nitriles is 1. The zero-order valence-corrected chi connectivity index (χ0v) is 8.34. The van der Waals surface area contributed by atoms with Crippen molar-refractivity contribution in [3.63, 3.8) is 0 Å². The lowest BCUT2D eigenvalue weighted by Gasteiger charge is -2.06. The average molecular weight is 216 g/mol. The van der Waals surface area contributed by atoms with Crippen LogP contribution in [0.25, 0.3) is 0 Å². The van der Waals surface area contributed by atoms with Crippen LogP contribution in [-0.4, -0.2) is 11.2 Å². The molecule has 1 aliphatic carbocycles. The Balaban J connectivity index is 2.50. The molecular weight excluding hydrogens is 208 g/mol. The normalized spacial score (nSPS) is 16.2. The van der Waals surface area contributed by atoms with Crippen LogP contribution in [0.1, 0.15) is 28.8 Å². The third-order valence-corrected chi connectivity index (χ3v) is 2.87. The van der Waals surface area contributed by atoms with Gasteiger partial charge in [0, 0.05) is 6.07 Å². The van der Waals surface area contributed by atoms with Gasteiger partial charge >= 0.3 is 0 Å². The van der Waals surface area contributed by atoms with Crippen molar-refractivity contribution < 1.29 is 9.72 Å². The molecule has 0 bridgehead atoms. The van der Waals surface area contributed by atoms with Gasteiger partial charge in [0.05, 0.1) is 22.0 Å². The SMILES string of the molecule is N#CC1(c2ccc([N+](=O)[O-])c(C=O)c2)CC1. The number of carbonyl (C=O) groups is 1. The fourth-order valence-electron chi connectivity index (χ4n) is 1.70.